The maximum absolute atomic E-state index is 11.4. The number of rotatable bonds is 0. The van der Waals surface area contributed by atoms with Crippen LogP contribution in [0, 0.1) is 3.57 Å². The highest BCUT2D eigenvalue weighted by molar-refractivity contribution is 14.1. The van der Waals surface area contributed by atoms with Gasteiger partial charge in [0.15, 0.2) is 0 Å². The molecule has 0 radical (unpaired) electrons. The molecule has 0 saturated heterocycles. The molecule has 0 saturated carbocycles. The number of hydrogen-bond donors (Lipinski definition) is 1. The van der Waals surface area contributed by atoms with Gasteiger partial charge in [-0.15, -0.1) is 0 Å². The highest BCUT2D eigenvalue weighted by Gasteiger charge is 2.24. The lowest BCUT2D eigenvalue weighted by Crippen LogP contribution is -2.42. The number of hydrogen-bond acceptors (Lipinski definition) is 2. The van der Waals surface area contributed by atoms with Gasteiger partial charge in [0.25, 0.3) is 5.91 Å². The third-order valence-corrected chi connectivity index (χ3v) is 2.62. The minimum Gasteiger partial charge on any atom is -0.346 e. The van der Waals surface area contributed by atoms with Crippen LogP contribution in [0.1, 0.15) is 17.4 Å². The first kappa shape index (κ1) is 8.03. The van der Waals surface area contributed by atoms with Crippen LogP contribution in [0.4, 0.5) is 0 Å². The Morgan fingerprint density at radius 3 is 3.33 bits per heavy atom. The van der Waals surface area contributed by atoms with Crippen molar-refractivity contribution in [2.24, 2.45) is 0 Å². The number of carbonyl (C=O) groups is 1. The molecular formula is C7H8IN3O. The Labute approximate surface area is 83.5 Å². The minimum absolute atomic E-state index is 0.0179. The van der Waals surface area contributed by atoms with E-state index in [4.69, 9.17) is 0 Å². The van der Waals surface area contributed by atoms with Crippen molar-refractivity contribution in [3.8, 4) is 0 Å². The number of carbonyl (C=O) groups excluding carboxylic acids is 1. The molecule has 1 atom stereocenters. The Morgan fingerprint density at radius 1 is 1.83 bits per heavy atom. The molecule has 64 valence electrons. The minimum atomic E-state index is -0.0179. The van der Waals surface area contributed by atoms with Crippen LogP contribution in [0.25, 0.3) is 0 Å². The summed E-state index contributed by atoms with van der Waals surface area (Å²) in [5, 5.41) is 6.96. The van der Waals surface area contributed by atoms with Gasteiger partial charge >= 0.3 is 0 Å². The van der Waals surface area contributed by atoms with Crippen molar-refractivity contribution >= 4 is 28.5 Å². The molecule has 0 fully saturated rings. The second-order valence-electron chi connectivity index (χ2n) is 2.90. The number of halogens is 1. The molecule has 1 aliphatic heterocycles. The van der Waals surface area contributed by atoms with Gasteiger partial charge < -0.3 is 5.32 Å². The monoisotopic (exact) mass is 277 g/mol. The third-order valence-electron chi connectivity index (χ3n) is 1.83. The zero-order valence-corrected chi connectivity index (χ0v) is 8.70. The van der Waals surface area contributed by atoms with Gasteiger partial charge in [-0.2, -0.15) is 5.10 Å². The van der Waals surface area contributed by atoms with E-state index in [1.54, 1.807) is 10.9 Å². The second-order valence-corrected chi connectivity index (χ2v) is 4.06. The van der Waals surface area contributed by atoms with Gasteiger partial charge in [0.1, 0.15) is 5.69 Å². The SMILES string of the molecule is C[C@@H]1Cn2ncc(I)c2C(=O)N1. The van der Waals surface area contributed by atoms with Crippen molar-refractivity contribution in [3.63, 3.8) is 0 Å². The fourth-order valence-electron chi connectivity index (χ4n) is 1.32. The van der Waals surface area contributed by atoms with Gasteiger partial charge in [0, 0.05) is 6.04 Å². The van der Waals surface area contributed by atoms with Crippen molar-refractivity contribution < 1.29 is 4.79 Å². The Hall–Kier alpha value is -0.590. The topological polar surface area (TPSA) is 46.9 Å². The van der Waals surface area contributed by atoms with E-state index in [-0.39, 0.29) is 11.9 Å². The highest BCUT2D eigenvalue weighted by atomic mass is 127. The van der Waals surface area contributed by atoms with E-state index in [0.29, 0.717) is 5.69 Å². The number of aromatic nitrogens is 2. The van der Waals surface area contributed by atoms with Gasteiger partial charge in [-0.25, -0.2) is 0 Å². The quantitative estimate of drug-likeness (QED) is 0.707. The first-order valence-corrected chi connectivity index (χ1v) is 4.78. The first-order valence-electron chi connectivity index (χ1n) is 3.70. The van der Waals surface area contributed by atoms with Crippen molar-refractivity contribution in [1.29, 1.82) is 0 Å². The molecule has 1 aliphatic rings. The fourth-order valence-corrected chi connectivity index (χ4v) is 1.97. The summed E-state index contributed by atoms with van der Waals surface area (Å²) in [5.41, 5.74) is 0.689. The molecule has 0 unspecified atom stereocenters. The number of amides is 1. The van der Waals surface area contributed by atoms with Crippen LogP contribution in [0.2, 0.25) is 0 Å². The maximum atomic E-state index is 11.4. The number of fused-ring (bicyclic) bond motifs is 1. The lowest BCUT2D eigenvalue weighted by Gasteiger charge is -2.21. The van der Waals surface area contributed by atoms with Crippen LogP contribution < -0.4 is 5.32 Å². The van der Waals surface area contributed by atoms with Crippen LogP contribution >= 0.6 is 22.6 Å². The van der Waals surface area contributed by atoms with Crippen molar-refractivity contribution in [1.82, 2.24) is 15.1 Å². The van der Waals surface area contributed by atoms with E-state index in [0.717, 1.165) is 10.1 Å². The summed E-state index contributed by atoms with van der Waals surface area (Å²) in [7, 11) is 0. The fraction of sp³-hybridized carbons (Fsp3) is 0.429. The van der Waals surface area contributed by atoms with Gasteiger partial charge in [0.2, 0.25) is 0 Å². The molecule has 0 aromatic carbocycles. The van der Waals surface area contributed by atoms with E-state index < -0.39 is 0 Å². The molecular weight excluding hydrogens is 269 g/mol. The zero-order chi connectivity index (χ0) is 8.72. The lowest BCUT2D eigenvalue weighted by molar-refractivity contribution is 0.0900. The molecule has 0 bridgehead atoms. The summed E-state index contributed by atoms with van der Waals surface area (Å²) in [6.45, 7) is 2.74. The molecule has 0 aliphatic carbocycles. The molecule has 2 heterocycles. The summed E-state index contributed by atoms with van der Waals surface area (Å²) in [4.78, 5) is 11.4. The average molecular weight is 277 g/mol. The molecule has 5 heteroatoms. The highest BCUT2D eigenvalue weighted by Crippen LogP contribution is 2.15. The van der Waals surface area contributed by atoms with E-state index >= 15 is 0 Å². The number of nitrogens with zero attached hydrogens (tertiary/aromatic N) is 2. The predicted molar refractivity (Wildman–Crippen MR) is 51.9 cm³/mol. The molecule has 1 N–H and O–H groups in total. The smallest absolute Gasteiger partial charge is 0.270 e. The summed E-state index contributed by atoms with van der Waals surface area (Å²) >= 11 is 2.12. The Morgan fingerprint density at radius 2 is 2.58 bits per heavy atom. The maximum Gasteiger partial charge on any atom is 0.270 e. The van der Waals surface area contributed by atoms with Gasteiger partial charge in [-0.05, 0) is 29.5 Å². The first-order chi connectivity index (χ1) is 5.68. The van der Waals surface area contributed by atoms with Crippen LogP contribution in [0.15, 0.2) is 6.20 Å². The zero-order valence-electron chi connectivity index (χ0n) is 6.54. The molecule has 2 rings (SSSR count). The van der Waals surface area contributed by atoms with E-state index in [9.17, 15) is 4.79 Å². The summed E-state index contributed by atoms with van der Waals surface area (Å²) in [6, 6.07) is 0.181. The molecule has 0 spiro atoms. The number of nitrogens with one attached hydrogen (secondary N) is 1. The van der Waals surface area contributed by atoms with Crippen molar-refractivity contribution in [2.45, 2.75) is 19.5 Å². The van der Waals surface area contributed by atoms with Crippen LogP contribution in [-0.2, 0) is 6.54 Å². The second kappa shape index (κ2) is 2.72. The predicted octanol–water partition coefficient (Wildman–Crippen LogP) is 0.620. The molecule has 1 aromatic heterocycles. The van der Waals surface area contributed by atoms with E-state index in [1.807, 2.05) is 6.92 Å². The largest absolute Gasteiger partial charge is 0.346 e. The Balaban J connectivity index is 2.50. The average Bonchev–Trinajstić information content (AvgIpc) is 2.31. The standard InChI is InChI=1S/C7H8IN3O/c1-4-3-11-6(7(12)10-4)5(8)2-9-11/h2,4H,3H2,1H3,(H,10,12)/t4-/m1/s1. The van der Waals surface area contributed by atoms with E-state index in [2.05, 4.69) is 33.0 Å². The van der Waals surface area contributed by atoms with Crippen molar-refractivity contribution in [2.75, 3.05) is 0 Å². The molecule has 1 amide bonds. The van der Waals surface area contributed by atoms with E-state index in [1.165, 1.54) is 0 Å². The summed E-state index contributed by atoms with van der Waals surface area (Å²) < 4.78 is 2.67. The molecule has 4 nitrogen and oxygen atoms in total. The Kier molecular flexibility index (Phi) is 1.82. The molecule has 1 aromatic rings. The van der Waals surface area contributed by atoms with Crippen LogP contribution in [0.5, 0.6) is 0 Å². The van der Waals surface area contributed by atoms with Gasteiger partial charge in [-0.3, -0.25) is 9.48 Å². The third kappa shape index (κ3) is 1.12. The van der Waals surface area contributed by atoms with Crippen LogP contribution in [0.3, 0.4) is 0 Å². The normalized spacial score (nSPS) is 21.8. The Bertz CT molecular complexity index is 333. The summed E-state index contributed by atoms with van der Waals surface area (Å²) in [6.07, 6.45) is 1.72. The van der Waals surface area contributed by atoms with Gasteiger partial charge in [-0.1, -0.05) is 0 Å². The summed E-state index contributed by atoms with van der Waals surface area (Å²) in [5.74, 6) is -0.0179. The van der Waals surface area contributed by atoms with Crippen molar-refractivity contribution in [3.05, 3.63) is 15.5 Å². The van der Waals surface area contributed by atoms with Gasteiger partial charge in [0.05, 0.1) is 16.3 Å². The lowest BCUT2D eigenvalue weighted by atomic mass is 10.2. The van der Waals surface area contributed by atoms with Crippen LogP contribution in [-0.4, -0.2) is 21.7 Å². The molecule has 12 heavy (non-hydrogen) atoms.